The number of aliphatic imine (C=N–C) groups is 1. The van der Waals surface area contributed by atoms with Crippen molar-refractivity contribution in [2.75, 3.05) is 34.3 Å². The van der Waals surface area contributed by atoms with Crippen molar-refractivity contribution in [2.45, 2.75) is 37.5 Å². The van der Waals surface area contributed by atoms with Gasteiger partial charge in [0.2, 0.25) is 11.8 Å². The van der Waals surface area contributed by atoms with Crippen LogP contribution in [0.4, 0.5) is 13.2 Å². The minimum absolute atomic E-state index is 0.232. The Balaban J connectivity index is 0.000000479. The number of rotatable bonds is 5. The number of aliphatic carboxylic acids is 1. The van der Waals surface area contributed by atoms with Crippen molar-refractivity contribution in [1.82, 2.24) is 14.7 Å². The third-order valence-corrected chi connectivity index (χ3v) is 6.85. The van der Waals surface area contributed by atoms with Gasteiger partial charge in [-0.2, -0.15) is 13.2 Å². The zero-order chi connectivity index (χ0) is 27.7. The highest BCUT2D eigenvalue weighted by Gasteiger charge is 2.74. The van der Waals surface area contributed by atoms with Gasteiger partial charge in [0.05, 0.1) is 25.0 Å². The minimum Gasteiger partial charge on any atom is -0.475 e. The Hall–Kier alpha value is -3.64. The van der Waals surface area contributed by atoms with Gasteiger partial charge in [-0.15, -0.1) is 0 Å². The standard InChI is InChI=1S/C22H28N4O4.C2HF3O2/c1-5-11-23-21-24(2)13-15-16-17(19(28)25(3)18(16)27)22(26(15)21,20(29)30-4)12-14-9-7-6-8-10-14;3-2(4,5)1(6)7/h6-10,15-17H,5,11-13H2,1-4H3;(H,6,7)/t15-,16+,17-,22-;/m1./s1. The van der Waals surface area contributed by atoms with E-state index in [-0.39, 0.29) is 24.3 Å². The number of amides is 2. The highest BCUT2D eigenvalue weighted by Crippen LogP contribution is 2.53. The Morgan fingerprint density at radius 3 is 2.27 bits per heavy atom. The van der Waals surface area contributed by atoms with E-state index in [1.807, 2.05) is 54.1 Å². The lowest BCUT2D eigenvalue weighted by atomic mass is 9.76. The molecule has 0 aromatic heterocycles. The molecule has 0 radical (unpaired) electrons. The fourth-order valence-corrected chi connectivity index (χ4v) is 5.38. The van der Waals surface area contributed by atoms with Gasteiger partial charge in [0.15, 0.2) is 11.5 Å². The van der Waals surface area contributed by atoms with Crippen molar-refractivity contribution in [3.05, 3.63) is 35.9 Å². The van der Waals surface area contributed by atoms with Gasteiger partial charge < -0.3 is 19.6 Å². The maximum atomic E-state index is 13.5. The van der Waals surface area contributed by atoms with E-state index in [4.69, 9.17) is 19.6 Å². The first-order chi connectivity index (χ1) is 17.3. The number of esters is 1. The number of carboxylic acid groups (broad SMARTS) is 1. The quantitative estimate of drug-likeness (QED) is 0.452. The van der Waals surface area contributed by atoms with Crippen molar-refractivity contribution in [2.24, 2.45) is 16.8 Å². The molecule has 0 spiro atoms. The fourth-order valence-electron chi connectivity index (χ4n) is 5.38. The van der Waals surface area contributed by atoms with Gasteiger partial charge in [-0.1, -0.05) is 37.3 Å². The second-order valence-electron chi connectivity index (χ2n) is 9.12. The molecule has 0 saturated carbocycles. The van der Waals surface area contributed by atoms with E-state index in [0.717, 1.165) is 12.0 Å². The monoisotopic (exact) mass is 526 g/mol. The number of carboxylic acids is 1. The number of guanidine groups is 1. The van der Waals surface area contributed by atoms with Crippen LogP contribution in [-0.4, -0.2) is 102 Å². The summed E-state index contributed by atoms with van der Waals surface area (Å²) < 4.78 is 37.0. The lowest BCUT2D eigenvalue weighted by Gasteiger charge is -2.40. The number of imide groups is 1. The van der Waals surface area contributed by atoms with E-state index >= 15 is 0 Å². The number of carbonyl (C=O) groups is 4. The maximum absolute atomic E-state index is 13.5. The first-order valence-corrected chi connectivity index (χ1v) is 11.6. The van der Waals surface area contributed by atoms with Crippen LogP contribution in [0.2, 0.25) is 0 Å². The molecule has 1 N–H and O–H groups in total. The Labute approximate surface area is 211 Å². The number of methoxy groups -OCH3 is 1. The lowest BCUT2D eigenvalue weighted by molar-refractivity contribution is -0.192. The smallest absolute Gasteiger partial charge is 0.475 e. The van der Waals surface area contributed by atoms with Crippen molar-refractivity contribution in [3.63, 3.8) is 0 Å². The summed E-state index contributed by atoms with van der Waals surface area (Å²) in [6.07, 6.45) is -3.96. The molecule has 1 aromatic rings. The van der Waals surface area contributed by atoms with E-state index in [1.54, 1.807) is 0 Å². The van der Waals surface area contributed by atoms with Gasteiger partial charge in [-0.3, -0.25) is 19.5 Å². The molecule has 1 aromatic carbocycles. The summed E-state index contributed by atoms with van der Waals surface area (Å²) in [6.45, 7) is 3.17. The summed E-state index contributed by atoms with van der Waals surface area (Å²) in [6, 6.07) is 9.27. The lowest BCUT2D eigenvalue weighted by Crippen LogP contribution is -2.61. The molecule has 0 bridgehead atoms. The summed E-state index contributed by atoms with van der Waals surface area (Å²) in [7, 11) is 4.75. The maximum Gasteiger partial charge on any atom is 0.490 e. The van der Waals surface area contributed by atoms with Crippen LogP contribution in [0, 0.1) is 11.8 Å². The molecule has 10 nitrogen and oxygen atoms in total. The van der Waals surface area contributed by atoms with Gasteiger partial charge in [0, 0.05) is 33.6 Å². The summed E-state index contributed by atoms with van der Waals surface area (Å²) >= 11 is 0. The van der Waals surface area contributed by atoms with Crippen LogP contribution in [0.5, 0.6) is 0 Å². The molecule has 3 heterocycles. The predicted octanol–water partition coefficient (Wildman–Crippen LogP) is 1.40. The molecule has 13 heteroatoms. The average molecular weight is 527 g/mol. The zero-order valence-corrected chi connectivity index (χ0v) is 20.9. The summed E-state index contributed by atoms with van der Waals surface area (Å²) in [5, 5.41) is 7.12. The van der Waals surface area contributed by atoms with Gasteiger partial charge in [0.1, 0.15) is 0 Å². The number of fused-ring (bicyclic) bond motifs is 3. The van der Waals surface area contributed by atoms with E-state index in [2.05, 4.69) is 0 Å². The van der Waals surface area contributed by atoms with Crippen LogP contribution in [0.25, 0.3) is 0 Å². The molecular formula is C24H29F3N4O6. The molecule has 202 valence electrons. The van der Waals surface area contributed by atoms with Gasteiger partial charge in [-0.05, 0) is 12.0 Å². The third kappa shape index (κ3) is 4.74. The van der Waals surface area contributed by atoms with Crippen LogP contribution in [0.15, 0.2) is 35.3 Å². The number of nitrogens with zero attached hydrogens (tertiary/aromatic N) is 4. The highest BCUT2D eigenvalue weighted by atomic mass is 19.4. The van der Waals surface area contributed by atoms with E-state index in [1.165, 1.54) is 19.1 Å². The third-order valence-electron chi connectivity index (χ3n) is 6.85. The molecule has 0 unspecified atom stereocenters. The molecule has 4 atom stereocenters. The number of alkyl halides is 3. The summed E-state index contributed by atoms with van der Waals surface area (Å²) in [5.41, 5.74) is -0.415. The molecule has 37 heavy (non-hydrogen) atoms. The number of carbonyl (C=O) groups excluding carboxylic acids is 3. The van der Waals surface area contributed by atoms with Crippen LogP contribution in [0.3, 0.4) is 0 Å². The number of likely N-dealkylation sites (N-methyl/N-ethyl adjacent to an activating group) is 1. The Morgan fingerprint density at radius 2 is 1.76 bits per heavy atom. The predicted molar refractivity (Wildman–Crippen MR) is 124 cm³/mol. The van der Waals surface area contributed by atoms with Crippen LogP contribution in [-0.2, 0) is 30.3 Å². The van der Waals surface area contributed by atoms with Gasteiger partial charge in [-0.25, -0.2) is 9.59 Å². The van der Waals surface area contributed by atoms with Crippen molar-refractivity contribution in [1.29, 1.82) is 0 Å². The number of likely N-dealkylation sites (tertiary alicyclic amines) is 1. The van der Waals surface area contributed by atoms with Crippen molar-refractivity contribution >= 4 is 29.7 Å². The number of benzene rings is 1. The number of hydrogen-bond acceptors (Lipinski definition) is 6. The average Bonchev–Trinajstić information content (AvgIpc) is 3.40. The Kier molecular flexibility index (Phi) is 7.84. The Morgan fingerprint density at radius 1 is 1.16 bits per heavy atom. The van der Waals surface area contributed by atoms with Crippen LogP contribution in [0.1, 0.15) is 18.9 Å². The normalized spacial score (nSPS) is 27.7. The minimum atomic E-state index is -5.08. The Bertz CT molecular complexity index is 1100. The number of ether oxygens (including phenoxy) is 1. The van der Waals surface area contributed by atoms with E-state index in [0.29, 0.717) is 19.0 Å². The fraction of sp³-hybridized carbons (Fsp3) is 0.542. The van der Waals surface area contributed by atoms with E-state index in [9.17, 15) is 27.6 Å². The zero-order valence-electron chi connectivity index (χ0n) is 20.9. The molecule has 0 aliphatic carbocycles. The molecule has 3 fully saturated rings. The largest absolute Gasteiger partial charge is 0.490 e. The molecule has 4 rings (SSSR count). The first kappa shape index (κ1) is 27.9. The molecule has 3 aliphatic heterocycles. The van der Waals surface area contributed by atoms with Gasteiger partial charge >= 0.3 is 18.1 Å². The molecule has 2 amide bonds. The number of hydrogen-bond donors (Lipinski definition) is 1. The second-order valence-corrected chi connectivity index (χ2v) is 9.12. The molecule has 3 aliphatic rings. The van der Waals surface area contributed by atoms with Crippen LogP contribution >= 0.6 is 0 Å². The summed E-state index contributed by atoms with van der Waals surface area (Å²) in [5.74, 6) is -4.55. The summed E-state index contributed by atoms with van der Waals surface area (Å²) in [4.78, 5) is 58.6. The first-order valence-electron chi connectivity index (χ1n) is 11.6. The van der Waals surface area contributed by atoms with Crippen molar-refractivity contribution < 1.29 is 42.2 Å². The SMILES string of the molecule is CCCN=C1N(C)C[C@@H]2[C@@H]3C(=O)N(C)C(=O)[C@@H]3[C@](Cc3ccccc3)(C(=O)OC)N12.O=C(O)C(F)(F)F. The topological polar surface area (TPSA) is 120 Å². The van der Waals surface area contributed by atoms with Crippen molar-refractivity contribution in [3.8, 4) is 0 Å². The highest BCUT2D eigenvalue weighted by molar-refractivity contribution is 6.11. The molecule has 3 saturated heterocycles. The second kappa shape index (κ2) is 10.4. The van der Waals surface area contributed by atoms with Crippen LogP contribution < -0.4 is 0 Å². The number of halogens is 3. The molecular weight excluding hydrogens is 497 g/mol. The van der Waals surface area contributed by atoms with E-state index < -0.39 is 35.5 Å². The van der Waals surface area contributed by atoms with Gasteiger partial charge in [0.25, 0.3) is 0 Å².